The number of alkyl halides is 3. The number of benzene rings is 1. The fourth-order valence-electron chi connectivity index (χ4n) is 4.31. The van der Waals surface area contributed by atoms with Crippen LogP contribution in [-0.2, 0) is 15.1 Å². The van der Waals surface area contributed by atoms with E-state index in [-0.39, 0.29) is 17.6 Å². The lowest BCUT2D eigenvalue weighted by Crippen LogP contribution is -2.33. The third kappa shape index (κ3) is 3.84. The molecule has 3 rings (SSSR count). The van der Waals surface area contributed by atoms with Gasteiger partial charge in [0.25, 0.3) is 0 Å². The predicted molar refractivity (Wildman–Crippen MR) is 86.2 cm³/mol. The molecule has 0 amide bonds. The lowest BCUT2D eigenvalue weighted by molar-refractivity contribution is -0.181. The molecule has 0 N–H and O–H groups in total. The monoisotopic (exact) mass is 356 g/mol. The van der Waals surface area contributed by atoms with Gasteiger partial charge in [0.2, 0.25) is 0 Å². The molecular weight excluding hydrogens is 333 g/mol. The van der Waals surface area contributed by atoms with Crippen LogP contribution in [0.1, 0.15) is 61.4 Å². The van der Waals surface area contributed by atoms with Gasteiger partial charge in [-0.25, -0.2) is 4.79 Å². The molecule has 3 nitrogen and oxygen atoms in total. The van der Waals surface area contributed by atoms with Crippen molar-refractivity contribution in [2.24, 2.45) is 5.41 Å². The van der Waals surface area contributed by atoms with Crippen LogP contribution in [0, 0.1) is 5.41 Å². The average Bonchev–Trinajstić information content (AvgIpc) is 3.15. The van der Waals surface area contributed by atoms with Crippen LogP contribution in [0.15, 0.2) is 24.3 Å². The summed E-state index contributed by atoms with van der Waals surface area (Å²) in [5, 5.41) is 0. The van der Waals surface area contributed by atoms with Crippen molar-refractivity contribution in [1.82, 2.24) is 0 Å². The fraction of sp³-hybridized carbons (Fsp3) is 0.632. The molecule has 1 aromatic rings. The molecular formula is C19H23F3O3. The molecule has 1 aliphatic carbocycles. The minimum absolute atomic E-state index is 0.162. The van der Waals surface area contributed by atoms with Crippen LogP contribution in [-0.4, -0.2) is 25.4 Å². The predicted octanol–water partition coefficient (Wildman–Crippen LogP) is 4.99. The van der Waals surface area contributed by atoms with Crippen molar-refractivity contribution in [3.05, 3.63) is 35.4 Å². The number of carbonyl (C=O) groups is 1. The van der Waals surface area contributed by atoms with Crippen LogP contribution in [0.2, 0.25) is 0 Å². The Kier molecular flexibility index (Phi) is 4.84. The Hall–Kier alpha value is -1.56. The Morgan fingerprint density at radius 2 is 2.00 bits per heavy atom. The molecule has 0 bridgehead atoms. The van der Waals surface area contributed by atoms with Crippen LogP contribution in [0.5, 0.6) is 0 Å². The van der Waals surface area contributed by atoms with Crippen molar-refractivity contribution >= 4 is 5.97 Å². The first-order chi connectivity index (χ1) is 11.8. The van der Waals surface area contributed by atoms with Gasteiger partial charge in [0, 0.05) is 0 Å². The van der Waals surface area contributed by atoms with Gasteiger partial charge in [-0.1, -0.05) is 25.0 Å². The number of ether oxygens (including phenoxy) is 2. The third-order valence-electron chi connectivity index (χ3n) is 5.37. The van der Waals surface area contributed by atoms with E-state index in [1.54, 1.807) is 25.1 Å². The number of hydrogen-bond acceptors (Lipinski definition) is 3. The number of esters is 1. The first-order valence-corrected chi connectivity index (χ1v) is 8.76. The van der Waals surface area contributed by atoms with E-state index in [1.165, 1.54) is 6.07 Å². The zero-order valence-electron chi connectivity index (χ0n) is 14.3. The minimum Gasteiger partial charge on any atom is -0.462 e. The molecule has 2 fully saturated rings. The molecule has 0 unspecified atom stereocenters. The largest absolute Gasteiger partial charge is 0.462 e. The number of rotatable bonds is 4. The van der Waals surface area contributed by atoms with E-state index in [4.69, 9.17) is 9.47 Å². The maximum absolute atomic E-state index is 13.3. The molecule has 1 atom stereocenters. The molecule has 1 aromatic carbocycles. The van der Waals surface area contributed by atoms with Gasteiger partial charge in [-0.15, -0.1) is 0 Å². The average molecular weight is 356 g/mol. The normalized spacial score (nSPS) is 25.4. The van der Waals surface area contributed by atoms with Gasteiger partial charge >= 0.3 is 12.1 Å². The van der Waals surface area contributed by atoms with Gasteiger partial charge < -0.3 is 9.47 Å². The Labute approximate surface area is 145 Å². The number of carbonyl (C=O) groups excluding carboxylic acids is 1. The van der Waals surface area contributed by atoms with E-state index in [1.807, 2.05) is 0 Å². The van der Waals surface area contributed by atoms with E-state index in [2.05, 4.69) is 0 Å². The molecule has 138 valence electrons. The molecule has 25 heavy (non-hydrogen) atoms. The SMILES string of the molecule is CCOC(=O)c1cccc([C@]2(CC(F)(F)F)CC3(CCCC3)CO2)c1. The van der Waals surface area contributed by atoms with E-state index in [0.29, 0.717) is 18.6 Å². The van der Waals surface area contributed by atoms with Crippen LogP contribution in [0.25, 0.3) is 0 Å². The topological polar surface area (TPSA) is 35.5 Å². The molecule has 1 aliphatic heterocycles. The van der Waals surface area contributed by atoms with Crippen LogP contribution in [0.3, 0.4) is 0 Å². The second kappa shape index (κ2) is 6.63. The summed E-state index contributed by atoms with van der Waals surface area (Å²) in [6.07, 6.45) is -1.14. The van der Waals surface area contributed by atoms with Crippen LogP contribution in [0.4, 0.5) is 13.2 Å². The molecule has 0 radical (unpaired) electrons. The van der Waals surface area contributed by atoms with E-state index < -0.39 is 24.2 Å². The highest BCUT2D eigenvalue weighted by atomic mass is 19.4. The van der Waals surface area contributed by atoms with Gasteiger partial charge in [-0.2, -0.15) is 13.2 Å². The zero-order chi connectivity index (χ0) is 18.1. The van der Waals surface area contributed by atoms with Gasteiger partial charge in [-0.3, -0.25) is 0 Å². The second-order valence-electron chi connectivity index (χ2n) is 7.26. The van der Waals surface area contributed by atoms with Crippen molar-refractivity contribution in [2.45, 2.75) is 57.2 Å². The highest BCUT2D eigenvalue weighted by Crippen LogP contribution is 2.56. The summed E-state index contributed by atoms with van der Waals surface area (Å²) in [5.74, 6) is -0.528. The van der Waals surface area contributed by atoms with Crippen molar-refractivity contribution in [2.75, 3.05) is 13.2 Å². The summed E-state index contributed by atoms with van der Waals surface area (Å²) >= 11 is 0. The minimum atomic E-state index is -4.34. The van der Waals surface area contributed by atoms with Gasteiger partial charge in [0.1, 0.15) is 5.60 Å². The van der Waals surface area contributed by atoms with E-state index in [0.717, 1.165) is 25.7 Å². The van der Waals surface area contributed by atoms with Crippen molar-refractivity contribution < 1.29 is 27.4 Å². The van der Waals surface area contributed by atoms with E-state index >= 15 is 0 Å². The standard InChI is InChI=1S/C19H23F3O3/c1-2-24-16(23)14-6-5-7-15(10-14)18(12-19(20,21)22)11-17(13-25-18)8-3-4-9-17/h5-7,10H,2-4,8-9,11-13H2,1H3/t18-/m1/s1. The molecule has 1 saturated carbocycles. The maximum Gasteiger partial charge on any atom is 0.392 e. The molecule has 6 heteroatoms. The molecule has 1 saturated heterocycles. The van der Waals surface area contributed by atoms with Crippen molar-refractivity contribution in [1.29, 1.82) is 0 Å². The highest BCUT2D eigenvalue weighted by molar-refractivity contribution is 5.89. The van der Waals surface area contributed by atoms with Gasteiger partial charge in [0.15, 0.2) is 0 Å². The summed E-state index contributed by atoms with van der Waals surface area (Å²) in [7, 11) is 0. The summed E-state index contributed by atoms with van der Waals surface area (Å²) < 4.78 is 50.8. The lowest BCUT2D eigenvalue weighted by Gasteiger charge is -2.32. The summed E-state index contributed by atoms with van der Waals surface area (Å²) in [6, 6.07) is 6.28. The zero-order valence-corrected chi connectivity index (χ0v) is 14.3. The quantitative estimate of drug-likeness (QED) is 0.713. The summed E-state index contributed by atoms with van der Waals surface area (Å²) in [5.41, 5.74) is -0.896. The summed E-state index contributed by atoms with van der Waals surface area (Å²) in [6.45, 7) is 2.26. The Morgan fingerprint density at radius 1 is 1.28 bits per heavy atom. The third-order valence-corrected chi connectivity index (χ3v) is 5.37. The van der Waals surface area contributed by atoms with E-state index in [9.17, 15) is 18.0 Å². The Bertz CT molecular complexity index is 635. The van der Waals surface area contributed by atoms with Gasteiger partial charge in [-0.05, 0) is 49.3 Å². The molecule has 0 aromatic heterocycles. The van der Waals surface area contributed by atoms with Crippen molar-refractivity contribution in [3.8, 4) is 0 Å². The van der Waals surface area contributed by atoms with Crippen molar-refractivity contribution in [3.63, 3.8) is 0 Å². The van der Waals surface area contributed by atoms with Crippen LogP contribution < -0.4 is 0 Å². The maximum atomic E-state index is 13.3. The Morgan fingerprint density at radius 3 is 2.64 bits per heavy atom. The molecule has 1 spiro atoms. The van der Waals surface area contributed by atoms with Gasteiger partial charge in [0.05, 0.1) is 25.2 Å². The fourth-order valence-corrected chi connectivity index (χ4v) is 4.31. The molecule has 1 heterocycles. The lowest BCUT2D eigenvalue weighted by atomic mass is 9.75. The first-order valence-electron chi connectivity index (χ1n) is 8.76. The first kappa shape index (κ1) is 18.2. The number of halogens is 3. The number of hydrogen-bond donors (Lipinski definition) is 0. The smallest absolute Gasteiger partial charge is 0.392 e. The Balaban J connectivity index is 1.95. The molecule has 2 aliphatic rings. The second-order valence-corrected chi connectivity index (χ2v) is 7.26. The van der Waals surface area contributed by atoms with Crippen LogP contribution >= 0.6 is 0 Å². The summed E-state index contributed by atoms with van der Waals surface area (Å²) in [4.78, 5) is 12.0. The highest BCUT2D eigenvalue weighted by Gasteiger charge is 2.55.